The lowest BCUT2D eigenvalue weighted by atomic mass is 10.1. The quantitative estimate of drug-likeness (QED) is 0.464. The zero-order chi connectivity index (χ0) is 19.9. The largest absolute Gasteiger partial charge is 0.388 e. The highest BCUT2D eigenvalue weighted by molar-refractivity contribution is 5.65. The third-order valence-corrected chi connectivity index (χ3v) is 4.32. The van der Waals surface area contributed by atoms with Crippen LogP contribution in [0, 0.1) is 20.2 Å². The number of rotatable bonds is 6. The molecule has 2 heterocycles. The van der Waals surface area contributed by atoms with Crippen molar-refractivity contribution in [3.8, 4) is 0 Å². The standard InChI is InChI=1S/C15H19N3O9/c1-15(2)26-13-11(20)12(25-14(13)27-15)10(19)6-16-8-4-3-7(17(21)22)5-9(8)18(23)24/h3-5,10-14,16,19-20H,6H2,1-2H3/t10-,11-,12+,13-,14-/m0/s1. The number of benzene rings is 1. The molecule has 3 rings (SSSR count). The van der Waals surface area contributed by atoms with Crippen LogP contribution in [0.3, 0.4) is 0 Å². The smallest absolute Gasteiger partial charge is 0.299 e. The molecule has 3 N–H and O–H groups in total. The fraction of sp³-hybridized carbons (Fsp3) is 0.600. The van der Waals surface area contributed by atoms with Gasteiger partial charge >= 0.3 is 0 Å². The van der Waals surface area contributed by atoms with Gasteiger partial charge in [0.1, 0.15) is 30.1 Å². The van der Waals surface area contributed by atoms with Gasteiger partial charge in [0.2, 0.25) is 0 Å². The molecule has 0 spiro atoms. The minimum Gasteiger partial charge on any atom is -0.388 e. The average molecular weight is 385 g/mol. The Kier molecular flexibility index (Phi) is 5.01. The van der Waals surface area contributed by atoms with E-state index in [2.05, 4.69) is 5.32 Å². The number of ether oxygens (including phenoxy) is 3. The fourth-order valence-corrected chi connectivity index (χ4v) is 3.10. The van der Waals surface area contributed by atoms with E-state index >= 15 is 0 Å². The Hall–Kier alpha value is -2.38. The monoisotopic (exact) mass is 385 g/mol. The lowest BCUT2D eigenvalue weighted by Crippen LogP contribution is -2.43. The summed E-state index contributed by atoms with van der Waals surface area (Å²) in [6, 6.07) is 3.11. The number of aliphatic hydroxyl groups is 2. The summed E-state index contributed by atoms with van der Waals surface area (Å²) in [5, 5.41) is 45.1. The first-order valence-electron chi connectivity index (χ1n) is 8.13. The van der Waals surface area contributed by atoms with Crippen LogP contribution in [0.15, 0.2) is 18.2 Å². The second-order valence-corrected chi connectivity index (χ2v) is 6.72. The van der Waals surface area contributed by atoms with Crippen molar-refractivity contribution in [2.45, 2.75) is 50.3 Å². The first-order valence-corrected chi connectivity index (χ1v) is 8.13. The van der Waals surface area contributed by atoms with Gasteiger partial charge in [0.05, 0.1) is 15.9 Å². The predicted molar refractivity (Wildman–Crippen MR) is 89.0 cm³/mol. The molecule has 2 saturated heterocycles. The van der Waals surface area contributed by atoms with Crippen LogP contribution >= 0.6 is 0 Å². The number of nitrogens with zero attached hydrogens (tertiary/aromatic N) is 2. The van der Waals surface area contributed by atoms with Gasteiger partial charge in [-0.15, -0.1) is 0 Å². The molecule has 2 aliphatic rings. The second kappa shape index (κ2) is 6.98. The molecule has 148 valence electrons. The molecule has 0 unspecified atom stereocenters. The molecule has 0 radical (unpaired) electrons. The summed E-state index contributed by atoms with van der Waals surface area (Å²) in [6.45, 7) is 3.13. The summed E-state index contributed by atoms with van der Waals surface area (Å²) < 4.78 is 16.5. The van der Waals surface area contributed by atoms with Gasteiger partial charge in [-0.1, -0.05) is 0 Å². The van der Waals surface area contributed by atoms with Gasteiger partial charge in [-0.05, 0) is 19.9 Å². The molecule has 12 heteroatoms. The number of anilines is 1. The van der Waals surface area contributed by atoms with Crippen LogP contribution in [-0.4, -0.2) is 63.1 Å². The van der Waals surface area contributed by atoms with Crippen LogP contribution in [0.2, 0.25) is 0 Å². The molecule has 0 bridgehead atoms. The fourth-order valence-electron chi connectivity index (χ4n) is 3.10. The third kappa shape index (κ3) is 3.84. The Labute approximate surface area is 152 Å². The van der Waals surface area contributed by atoms with Crippen molar-refractivity contribution in [2.75, 3.05) is 11.9 Å². The Bertz CT molecular complexity index is 756. The maximum absolute atomic E-state index is 11.1. The van der Waals surface area contributed by atoms with Crippen molar-refractivity contribution in [2.24, 2.45) is 0 Å². The van der Waals surface area contributed by atoms with Gasteiger partial charge in [-0.3, -0.25) is 20.2 Å². The molecule has 1 aromatic carbocycles. The minimum atomic E-state index is -1.24. The molecule has 27 heavy (non-hydrogen) atoms. The van der Waals surface area contributed by atoms with Crippen LogP contribution in [0.25, 0.3) is 0 Å². The van der Waals surface area contributed by atoms with Crippen LogP contribution in [0.1, 0.15) is 13.8 Å². The Balaban J connectivity index is 1.66. The molecule has 0 amide bonds. The number of hydrogen-bond donors (Lipinski definition) is 3. The maximum Gasteiger partial charge on any atom is 0.299 e. The number of non-ortho nitro benzene ring substituents is 1. The molecule has 0 saturated carbocycles. The summed E-state index contributed by atoms with van der Waals surface area (Å²) in [5.74, 6) is -0.913. The number of fused-ring (bicyclic) bond motifs is 1. The van der Waals surface area contributed by atoms with Crippen LogP contribution < -0.4 is 5.32 Å². The van der Waals surface area contributed by atoms with E-state index < -0.39 is 57.7 Å². The van der Waals surface area contributed by atoms with Gasteiger partial charge < -0.3 is 29.7 Å². The van der Waals surface area contributed by atoms with Gasteiger partial charge in [0, 0.05) is 12.6 Å². The van der Waals surface area contributed by atoms with Crippen LogP contribution in [0.4, 0.5) is 17.1 Å². The van der Waals surface area contributed by atoms with E-state index in [-0.39, 0.29) is 12.2 Å². The second-order valence-electron chi connectivity index (χ2n) is 6.72. The topological polar surface area (TPSA) is 166 Å². The summed E-state index contributed by atoms with van der Waals surface area (Å²) in [4.78, 5) is 20.4. The highest BCUT2D eigenvalue weighted by Crippen LogP contribution is 2.38. The van der Waals surface area contributed by atoms with E-state index in [1.54, 1.807) is 13.8 Å². The average Bonchev–Trinajstić information content (AvgIpc) is 3.05. The van der Waals surface area contributed by atoms with Crippen molar-refractivity contribution in [3.63, 3.8) is 0 Å². The number of nitrogens with one attached hydrogen (secondary N) is 1. The number of nitro groups is 2. The SMILES string of the molecule is CC1(C)O[C@@H]2O[C@H]([C@@H](O)CNc3ccc([N+](=O)[O-])cc3[N+](=O)[O-])[C@H](O)[C@@H]2O1. The maximum atomic E-state index is 11.1. The van der Waals surface area contributed by atoms with Crippen LogP contribution in [0.5, 0.6) is 0 Å². The number of hydrogen-bond acceptors (Lipinski definition) is 10. The Morgan fingerprint density at radius 1 is 1.26 bits per heavy atom. The first kappa shape index (κ1) is 19.4. The Morgan fingerprint density at radius 3 is 2.56 bits per heavy atom. The predicted octanol–water partition coefficient (Wildman–Crippen LogP) is 0.513. The van der Waals surface area contributed by atoms with Gasteiger partial charge in [0.25, 0.3) is 11.4 Å². The first-order chi connectivity index (χ1) is 12.6. The van der Waals surface area contributed by atoms with E-state index in [0.717, 1.165) is 12.1 Å². The molecule has 5 atom stereocenters. The van der Waals surface area contributed by atoms with E-state index in [4.69, 9.17) is 14.2 Å². The van der Waals surface area contributed by atoms with E-state index in [0.29, 0.717) is 0 Å². The molecule has 12 nitrogen and oxygen atoms in total. The lowest BCUT2D eigenvalue weighted by molar-refractivity contribution is -0.393. The van der Waals surface area contributed by atoms with Crippen molar-refractivity contribution < 1.29 is 34.3 Å². The molecule has 1 aromatic rings. The lowest BCUT2D eigenvalue weighted by Gasteiger charge is -2.26. The minimum absolute atomic E-state index is 0.00837. The third-order valence-electron chi connectivity index (χ3n) is 4.32. The molecule has 0 aliphatic carbocycles. The number of nitro benzene ring substituents is 2. The highest BCUT2D eigenvalue weighted by Gasteiger charge is 2.55. The molecule has 2 fully saturated rings. The van der Waals surface area contributed by atoms with Crippen molar-refractivity contribution in [3.05, 3.63) is 38.4 Å². The summed E-state index contributed by atoms with van der Waals surface area (Å²) in [6.07, 6.45) is -5.01. The van der Waals surface area contributed by atoms with Crippen molar-refractivity contribution >= 4 is 17.1 Å². The normalized spacial score (nSPS) is 29.9. The Morgan fingerprint density at radius 2 is 1.96 bits per heavy atom. The summed E-state index contributed by atoms with van der Waals surface area (Å²) in [5.41, 5.74) is -0.937. The molecule has 0 aromatic heterocycles. The van der Waals surface area contributed by atoms with E-state index in [9.17, 15) is 30.4 Å². The molecular formula is C15H19N3O9. The van der Waals surface area contributed by atoms with Gasteiger partial charge in [-0.2, -0.15) is 0 Å². The van der Waals surface area contributed by atoms with Gasteiger partial charge in [-0.25, -0.2) is 0 Å². The number of aliphatic hydroxyl groups excluding tert-OH is 2. The zero-order valence-corrected chi connectivity index (χ0v) is 14.5. The zero-order valence-electron chi connectivity index (χ0n) is 14.5. The summed E-state index contributed by atoms with van der Waals surface area (Å²) in [7, 11) is 0. The van der Waals surface area contributed by atoms with E-state index in [1.165, 1.54) is 6.07 Å². The molecular weight excluding hydrogens is 366 g/mol. The van der Waals surface area contributed by atoms with E-state index in [1.807, 2.05) is 0 Å². The highest BCUT2D eigenvalue weighted by atomic mass is 16.8. The summed E-state index contributed by atoms with van der Waals surface area (Å²) >= 11 is 0. The molecule has 2 aliphatic heterocycles. The van der Waals surface area contributed by atoms with Crippen molar-refractivity contribution in [1.29, 1.82) is 0 Å². The van der Waals surface area contributed by atoms with Gasteiger partial charge in [0.15, 0.2) is 12.1 Å². The van der Waals surface area contributed by atoms with Crippen LogP contribution in [-0.2, 0) is 14.2 Å². The van der Waals surface area contributed by atoms with Crippen molar-refractivity contribution in [1.82, 2.24) is 0 Å².